The van der Waals surface area contributed by atoms with Crippen LogP contribution in [0.4, 0.5) is 0 Å². The molecule has 0 bridgehead atoms. The summed E-state index contributed by atoms with van der Waals surface area (Å²) in [5.74, 6) is 6.69. The van der Waals surface area contributed by atoms with E-state index in [4.69, 9.17) is 4.74 Å². The van der Waals surface area contributed by atoms with Crippen LogP contribution in [-0.4, -0.2) is 19.7 Å². The van der Waals surface area contributed by atoms with Crippen LogP contribution in [0.2, 0.25) is 0 Å². The van der Waals surface area contributed by atoms with Crippen molar-refractivity contribution in [1.82, 2.24) is 5.32 Å². The third kappa shape index (κ3) is 5.09. The molecule has 0 aliphatic heterocycles. The summed E-state index contributed by atoms with van der Waals surface area (Å²) < 4.78 is 5.53. The minimum Gasteiger partial charge on any atom is -0.492 e. The average Bonchev–Trinajstić information content (AvgIpc) is 2.26. The zero-order valence-electron chi connectivity index (χ0n) is 9.34. The molecular weight excluding hydrogens is 186 g/mol. The van der Waals surface area contributed by atoms with Gasteiger partial charge in [-0.2, -0.15) is 0 Å². The van der Waals surface area contributed by atoms with Crippen molar-refractivity contribution in [2.24, 2.45) is 0 Å². The van der Waals surface area contributed by atoms with Gasteiger partial charge in [-0.25, -0.2) is 0 Å². The first-order chi connectivity index (χ1) is 7.33. The van der Waals surface area contributed by atoms with Crippen molar-refractivity contribution in [3.05, 3.63) is 29.8 Å². The minimum atomic E-state index is 0.675. The molecule has 0 heterocycles. The van der Waals surface area contributed by atoms with E-state index in [9.17, 15) is 0 Å². The Kier molecular flexibility index (Phi) is 5.35. The molecule has 0 aliphatic carbocycles. The second-order valence-corrected chi connectivity index (χ2v) is 3.27. The second kappa shape index (κ2) is 6.92. The molecule has 1 aromatic carbocycles. The SMILES string of the molecule is CC#CCNCCOc1ccc(C)cc1. The zero-order valence-corrected chi connectivity index (χ0v) is 9.34. The van der Waals surface area contributed by atoms with Crippen LogP contribution >= 0.6 is 0 Å². The lowest BCUT2D eigenvalue weighted by Crippen LogP contribution is -2.21. The van der Waals surface area contributed by atoms with Crippen LogP contribution in [0, 0.1) is 18.8 Å². The van der Waals surface area contributed by atoms with E-state index < -0.39 is 0 Å². The van der Waals surface area contributed by atoms with Gasteiger partial charge in [0, 0.05) is 6.54 Å². The molecule has 2 heteroatoms. The fraction of sp³-hybridized carbons (Fsp3) is 0.385. The standard InChI is InChI=1S/C13H17NO/c1-3-4-9-14-10-11-15-13-7-5-12(2)6-8-13/h5-8,14H,9-11H2,1-2H3. The van der Waals surface area contributed by atoms with Crippen molar-refractivity contribution in [2.75, 3.05) is 19.7 Å². The van der Waals surface area contributed by atoms with Gasteiger partial charge in [0.25, 0.3) is 0 Å². The topological polar surface area (TPSA) is 21.3 Å². The predicted molar refractivity (Wildman–Crippen MR) is 63.0 cm³/mol. The molecule has 2 nitrogen and oxygen atoms in total. The Morgan fingerprint density at radius 3 is 2.67 bits per heavy atom. The Labute approximate surface area is 91.6 Å². The number of nitrogens with one attached hydrogen (secondary N) is 1. The molecule has 0 aliphatic rings. The Bertz CT molecular complexity index is 332. The van der Waals surface area contributed by atoms with Gasteiger partial charge in [-0.1, -0.05) is 23.6 Å². The van der Waals surface area contributed by atoms with Gasteiger partial charge in [0.2, 0.25) is 0 Å². The first kappa shape index (κ1) is 11.6. The summed E-state index contributed by atoms with van der Waals surface area (Å²) in [4.78, 5) is 0. The number of hydrogen-bond acceptors (Lipinski definition) is 2. The third-order valence-corrected chi connectivity index (χ3v) is 1.96. The van der Waals surface area contributed by atoms with Gasteiger partial charge in [0.15, 0.2) is 0 Å². The summed E-state index contributed by atoms with van der Waals surface area (Å²) in [7, 11) is 0. The highest BCUT2D eigenvalue weighted by atomic mass is 16.5. The average molecular weight is 203 g/mol. The monoisotopic (exact) mass is 203 g/mol. The highest BCUT2D eigenvalue weighted by Crippen LogP contribution is 2.10. The van der Waals surface area contributed by atoms with E-state index in [-0.39, 0.29) is 0 Å². The summed E-state index contributed by atoms with van der Waals surface area (Å²) >= 11 is 0. The van der Waals surface area contributed by atoms with Crippen LogP contribution in [0.1, 0.15) is 12.5 Å². The molecule has 15 heavy (non-hydrogen) atoms. The van der Waals surface area contributed by atoms with Gasteiger partial charge < -0.3 is 10.1 Å². The van der Waals surface area contributed by atoms with Gasteiger partial charge in [0.1, 0.15) is 12.4 Å². The Hall–Kier alpha value is -1.46. The number of rotatable bonds is 5. The van der Waals surface area contributed by atoms with E-state index >= 15 is 0 Å². The van der Waals surface area contributed by atoms with Gasteiger partial charge in [0.05, 0.1) is 6.54 Å². The van der Waals surface area contributed by atoms with Crippen molar-refractivity contribution in [3.63, 3.8) is 0 Å². The van der Waals surface area contributed by atoms with Gasteiger partial charge >= 0.3 is 0 Å². The summed E-state index contributed by atoms with van der Waals surface area (Å²) in [5, 5.41) is 3.17. The Morgan fingerprint density at radius 2 is 2.00 bits per heavy atom. The van der Waals surface area contributed by atoms with E-state index in [1.807, 2.05) is 31.2 Å². The number of ether oxygens (including phenoxy) is 1. The summed E-state index contributed by atoms with van der Waals surface area (Å²) in [5.41, 5.74) is 1.25. The summed E-state index contributed by atoms with van der Waals surface area (Å²) in [6.07, 6.45) is 0. The van der Waals surface area contributed by atoms with Gasteiger partial charge in [-0.3, -0.25) is 0 Å². The lowest BCUT2D eigenvalue weighted by atomic mass is 10.2. The van der Waals surface area contributed by atoms with E-state index in [1.165, 1.54) is 5.56 Å². The van der Waals surface area contributed by atoms with E-state index in [2.05, 4.69) is 24.1 Å². The van der Waals surface area contributed by atoms with E-state index in [1.54, 1.807) is 0 Å². The maximum atomic E-state index is 5.53. The second-order valence-electron chi connectivity index (χ2n) is 3.27. The van der Waals surface area contributed by atoms with Gasteiger partial charge in [-0.05, 0) is 26.0 Å². The smallest absolute Gasteiger partial charge is 0.119 e. The van der Waals surface area contributed by atoms with Gasteiger partial charge in [-0.15, -0.1) is 5.92 Å². The quantitative estimate of drug-likeness (QED) is 0.583. The fourth-order valence-corrected chi connectivity index (χ4v) is 1.11. The highest BCUT2D eigenvalue weighted by molar-refractivity contribution is 5.26. The van der Waals surface area contributed by atoms with Crippen LogP contribution in [0.5, 0.6) is 5.75 Å². The molecule has 1 rings (SSSR count). The molecule has 0 radical (unpaired) electrons. The number of benzene rings is 1. The van der Waals surface area contributed by atoms with Crippen LogP contribution in [-0.2, 0) is 0 Å². The van der Waals surface area contributed by atoms with Crippen LogP contribution in [0.15, 0.2) is 24.3 Å². The summed E-state index contributed by atoms with van der Waals surface area (Å²) in [6, 6.07) is 8.07. The molecule has 0 spiro atoms. The lowest BCUT2D eigenvalue weighted by Gasteiger charge is -2.06. The largest absolute Gasteiger partial charge is 0.492 e. The maximum Gasteiger partial charge on any atom is 0.119 e. The van der Waals surface area contributed by atoms with Crippen molar-refractivity contribution in [3.8, 4) is 17.6 Å². The number of aryl methyl sites for hydroxylation is 1. The first-order valence-electron chi connectivity index (χ1n) is 5.12. The Morgan fingerprint density at radius 1 is 1.27 bits per heavy atom. The third-order valence-electron chi connectivity index (χ3n) is 1.96. The molecule has 1 aromatic rings. The molecule has 0 saturated carbocycles. The number of hydrogen-bond donors (Lipinski definition) is 1. The highest BCUT2D eigenvalue weighted by Gasteiger charge is 1.91. The molecule has 80 valence electrons. The molecule has 0 amide bonds. The molecule has 0 atom stereocenters. The van der Waals surface area contributed by atoms with Crippen molar-refractivity contribution in [2.45, 2.75) is 13.8 Å². The van der Waals surface area contributed by atoms with E-state index in [0.717, 1.165) is 18.8 Å². The Balaban J connectivity index is 2.14. The molecule has 0 aromatic heterocycles. The minimum absolute atomic E-state index is 0.675. The fourth-order valence-electron chi connectivity index (χ4n) is 1.11. The molecular formula is C13H17NO. The normalized spacial score (nSPS) is 9.20. The van der Waals surface area contributed by atoms with Crippen LogP contribution in [0.25, 0.3) is 0 Å². The maximum absolute atomic E-state index is 5.53. The van der Waals surface area contributed by atoms with Crippen molar-refractivity contribution >= 4 is 0 Å². The van der Waals surface area contributed by atoms with Crippen LogP contribution in [0.3, 0.4) is 0 Å². The van der Waals surface area contributed by atoms with Crippen molar-refractivity contribution < 1.29 is 4.74 Å². The van der Waals surface area contributed by atoms with E-state index in [0.29, 0.717) is 6.61 Å². The summed E-state index contributed by atoms with van der Waals surface area (Å²) in [6.45, 7) is 6.13. The molecule has 0 fully saturated rings. The first-order valence-corrected chi connectivity index (χ1v) is 5.12. The molecule has 0 saturated heterocycles. The van der Waals surface area contributed by atoms with Crippen molar-refractivity contribution in [1.29, 1.82) is 0 Å². The predicted octanol–water partition coefficient (Wildman–Crippen LogP) is 1.99. The molecule has 0 unspecified atom stereocenters. The zero-order chi connectivity index (χ0) is 10.9. The van der Waals surface area contributed by atoms with Crippen LogP contribution < -0.4 is 10.1 Å². The lowest BCUT2D eigenvalue weighted by molar-refractivity contribution is 0.316. The molecule has 1 N–H and O–H groups in total.